The molecule has 0 amide bonds. The van der Waals surface area contributed by atoms with Gasteiger partial charge in [0.1, 0.15) is 4.92 Å². The standard InChI is InChI=1S/C7H5N3O4S/c1-13-7-9-8-6(15-7)4-2-3-5(14-4)10(11)12/h2-3H,1H3. The molecule has 2 aromatic heterocycles. The van der Waals surface area contributed by atoms with Crippen LogP contribution >= 0.6 is 11.3 Å². The Morgan fingerprint density at radius 1 is 1.53 bits per heavy atom. The van der Waals surface area contributed by atoms with Crippen molar-refractivity contribution < 1.29 is 14.1 Å². The van der Waals surface area contributed by atoms with Crippen LogP contribution in [0.25, 0.3) is 10.8 Å². The molecule has 0 atom stereocenters. The molecule has 0 aromatic carbocycles. The van der Waals surface area contributed by atoms with E-state index in [0.717, 1.165) is 11.3 Å². The summed E-state index contributed by atoms with van der Waals surface area (Å²) in [6.07, 6.45) is 0. The number of nitro groups is 1. The van der Waals surface area contributed by atoms with E-state index >= 15 is 0 Å². The highest BCUT2D eigenvalue weighted by Gasteiger charge is 2.16. The predicted molar refractivity (Wildman–Crippen MR) is 50.8 cm³/mol. The van der Waals surface area contributed by atoms with E-state index in [4.69, 9.17) is 9.15 Å². The van der Waals surface area contributed by atoms with E-state index in [1.807, 2.05) is 0 Å². The molecule has 0 saturated carbocycles. The number of rotatable bonds is 3. The molecule has 8 heteroatoms. The highest BCUT2D eigenvalue weighted by atomic mass is 32.1. The molecule has 0 aliphatic rings. The van der Waals surface area contributed by atoms with Crippen molar-refractivity contribution in [3.8, 4) is 16.0 Å². The van der Waals surface area contributed by atoms with E-state index in [1.54, 1.807) is 0 Å². The smallest absolute Gasteiger partial charge is 0.433 e. The van der Waals surface area contributed by atoms with Gasteiger partial charge in [-0.15, -0.1) is 5.10 Å². The molecule has 0 spiro atoms. The molecule has 0 aliphatic carbocycles. The Morgan fingerprint density at radius 3 is 2.87 bits per heavy atom. The first kappa shape index (κ1) is 9.59. The maximum Gasteiger partial charge on any atom is 0.433 e. The lowest BCUT2D eigenvalue weighted by Gasteiger charge is -1.86. The van der Waals surface area contributed by atoms with Crippen LogP contribution in [0.15, 0.2) is 16.5 Å². The van der Waals surface area contributed by atoms with Crippen LogP contribution in [-0.2, 0) is 0 Å². The summed E-state index contributed by atoms with van der Waals surface area (Å²) in [5, 5.41) is 18.6. The fraction of sp³-hybridized carbons (Fsp3) is 0.143. The topological polar surface area (TPSA) is 91.3 Å². The number of methoxy groups -OCH3 is 1. The molecule has 0 saturated heterocycles. The van der Waals surface area contributed by atoms with Crippen LogP contribution in [0.5, 0.6) is 5.19 Å². The summed E-state index contributed by atoms with van der Waals surface area (Å²) in [6.45, 7) is 0. The average Bonchev–Trinajstić information content (AvgIpc) is 2.86. The third-order valence-electron chi connectivity index (χ3n) is 1.56. The number of furan rings is 1. The fourth-order valence-corrected chi connectivity index (χ4v) is 1.55. The van der Waals surface area contributed by atoms with Gasteiger partial charge in [-0.25, -0.2) is 0 Å². The van der Waals surface area contributed by atoms with Gasteiger partial charge in [0, 0.05) is 0 Å². The van der Waals surface area contributed by atoms with Gasteiger partial charge >= 0.3 is 5.88 Å². The van der Waals surface area contributed by atoms with Crippen molar-refractivity contribution >= 4 is 17.2 Å². The van der Waals surface area contributed by atoms with E-state index in [9.17, 15) is 10.1 Å². The largest absolute Gasteiger partial charge is 0.472 e. The Labute approximate surface area is 87.5 Å². The SMILES string of the molecule is COc1nnc(-c2ccc([N+](=O)[O-])o2)s1. The lowest BCUT2D eigenvalue weighted by molar-refractivity contribution is -0.401. The lowest BCUT2D eigenvalue weighted by atomic mass is 10.5. The Hall–Kier alpha value is -1.96. The maximum atomic E-state index is 10.4. The van der Waals surface area contributed by atoms with Crippen LogP contribution in [0.1, 0.15) is 0 Å². The monoisotopic (exact) mass is 227 g/mol. The zero-order valence-corrected chi connectivity index (χ0v) is 8.35. The summed E-state index contributed by atoms with van der Waals surface area (Å²) in [6, 6.07) is 2.74. The molecule has 2 aromatic rings. The summed E-state index contributed by atoms with van der Waals surface area (Å²) in [5.74, 6) is -0.0123. The van der Waals surface area contributed by atoms with Crippen molar-refractivity contribution in [3.63, 3.8) is 0 Å². The molecule has 0 aliphatic heterocycles. The molecule has 2 rings (SSSR count). The number of ether oxygens (including phenoxy) is 1. The van der Waals surface area contributed by atoms with Crippen molar-refractivity contribution in [2.24, 2.45) is 0 Å². The Bertz CT molecular complexity index is 492. The van der Waals surface area contributed by atoms with Gasteiger partial charge in [-0.2, -0.15) is 0 Å². The normalized spacial score (nSPS) is 10.2. The van der Waals surface area contributed by atoms with Crippen molar-refractivity contribution in [1.29, 1.82) is 0 Å². The number of aromatic nitrogens is 2. The van der Waals surface area contributed by atoms with E-state index in [2.05, 4.69) is 10.2 Å². The van der Waals surface area contributed by atoms with E-state index in [1.165, 1.54) is 19.2 Å². The minimum Gasteiger partial charge on any atom is -0.472 e. The van der Waals surface area contributed by atoms with E-state index in [0.29, 0.717) is 16.0 Å². The van der Waals surface area contributed by atoms with Gasteiger partial charge in [0.2, 0.25) is 0 Å². The van der Waals surface area contributed by atoms with Crippen LogP contribution in [0.3, 0.4) is 0 Å². The minimum atomic E-state index is -0.609. The highest BCUT2D eigenvalue weighted by Crippen LogP contribution is 2.30. The third-order valence-corrected chi connectivity index (χ3v) is 2.46. The molecule has 0 bridgehead atoms. The molecule has 0 fully saturated rings. The fourth-order valence-electron chi connectivity index (χ4n) is 0.933. The second kappa shape index (κ2) is 3.65. The summed E-state index contributed by atoms with van der Waals surface area (Å²) in [4.78, 5) is 9.75. The van der Waals surface area contributed by atoms with Crippen LogP contribution in [-0.4, -0.2) is 22.2 Å². The van der Waals surface area contributed by atoms with Crippen molar-refractivity contribution in [2.75, 3.05) is 7.11 Å². The third kappa shape index (κ3) is 1.79. The second-order valence-electron chi connectivity index (χ2n) is 2.47. The summed E-state index contributed by atoms with van der Waals surface area (Å²) < 4.78 is 9.78. The van der Waals surface area contributed by atoms with Gasteiger partial charge in [-0.05, 0) is 6.07 Å². The van der Waals surface area contributed by atoms with Gasteiger partial charge in [0.15, 0.2) is 10.8 Å². The minimum absolute atomic E-state index is 0.308. The second-order valence-corrected chi connectivity index (χ2v) is 3.41. The summed E-state index contributed by atoms with van der Waals surface area (Å²) >= 11 is 1.15. The van der Waals surface area contributed by atoms with Gasteiger partial charge in [-0.3, -0.25) is 10.1 Å². The molecule has 0 unspecified atom stereocenters. The molecular weight excluding hydrogens is 222 g/mol. The molecule has 0 N–H and O–H groups in total. The van der Waals surface area contributed by atoms with Crippen LogP contribution in [0, 0.1) is 10.1 Å². The maximum absolute atomic E-state index is 10.4. The molecule has 78 valence electrons. The van der Waals surface area contributed by atoms with Crippen LogP contribution in [0.2, 0.25) is 0 Å². The van der Waals surface area contributed by atoms with Crippen molar-refractivity contribution in [1.82, 2.24) is 10.2 Å². The molecule has 15 heavy (non-hydrogen) atoms. The lowest BCUT2D eigenvalue weighted by Crippen LogP contribution is -1.82. The number of nitrogens with zero attached hydrogens (tertiary/aromatic N) is 3. The van der Waals surface area contributed by atoms with Gasteiger partial charge in [0.05, 0.1) is 13.2 Å². The van der Waals surface area contributed by atoms with Gasteiger partial charge in [0.25, 0.3) is 5.19 Å². The average molecular weight is 227 g/mol. The molecular formula is C7H5N3O4S. The van der Waals surface area contributed by atoms with Crippen LogP contribution < -0.4 is 4.74 Å². The summed E-state index contributed by atoms with van der Waals surface area (Å²) in [5.41, 5.74) is 0. The van der Waals surface area contributed by atoms with Crippen molar-refractivity contribution in [2.45, 2.75) is 0 Å². The molecule has 0 radical (unpaired) electrons. The zero-order chi connectivity index (χ0) is 10.8. The summed E-state index contributed by atoms with van der Waals surface area (Å²) in [7, 11) is 1.47. The van der Waals surface area contributed by atoms with E-state index in [-0.39, 0.29) is 5.88 Å². The number of hydrogen-bond acceptors (Lipinski definition) is 7. The van der Waals surface area contributed by atoms with Gasteiger partial charge in [-0.1, -0.05) is 16.4 Å². The van der Waals surface area contributed by atoms with E-state index < -0.39 is 4.92 Å². The highest BCUT2D eigenvalue weighted by molar-refractivity contribution is 7.16. The van der Waals surface area contributed by atoms with Crippen LogP contribution in [0.4, 0.5) is 5.88 Å². The molecule has 2 heterocycles. The Kier molecular flexibility index (Phi) is 2.34. The Morgan fingerprint density at radius 2 is 2.33 bits per heavy atom. The molecule has 7 nitrogen and oxygen atoms in total. The quantitative estimate of drug-likeness (QED) is 0.585. The van der Waals surface area contributed by atoms with Crippen molar-refractivity contribution in [3.05, 3.63) is 22.2 Å². The number of hydrogen-bond donors (Lipinski definition) is 0. The first-order chi connectivity index (χ1) is 7.20. The van der Waals surface area contributed by atoms with Gasteiger partial charge < -0.3 is 9.15 Å². The first-order valence-electron chi connectivity index (χ1n) is 3.83. The first-order valence-corrected chi connectivity index (χ1v) is 4.64. The zero-order valence-electron chi connectivity index (χ0n) is 7.54. The Balaban J connectivity index is 2.32. The predicted octanol–water partition coefficient (Wildman–Crippen LogP) is 1.71.